The van der Waals surface area contributed by atoms with Gasteiger partial charge in [-0.25, -0.2) is 0 Å². The topological polar surface area (TPSA) is 56.2 Å². The van der Waals surface area contributed by atoms with Crippen molar-refractivity contribution in [2.75, 3.05) is 0 Å². The summed E-state index contributed by atoms with van der Waals surface area (Å²) >= 11 is 6.07. The summed E-state index contributed by atoms with van der Waals surface area (Å²) in [4.78, 5) is 12.6. The number of nitrogens with two attached hydrogens (primary N) is 1. The Labute approximate surface area is 116 Å². The second kappa shape index (κ2) is 4.36. The molecular weight excluding hydrogens is 262 g/mol. The lowest BCUT2D eigenvalue weighted by Crippen LogP contribution is -2.41. The van der Waals surface area contributed by atoms with Crippen molar-refractivity contribution in [2.24, 2.45) is 11.1 Å². The van der Waals surface area contributed by atoms with Gasteiger partial charge < -0.3 is 10.2 Å². The van der Waals surface area contributed by atoms with Crippen LogP contribution < -0.4 is 5.73 Å². The summed E-state index contributed by atoms with van der Waals surface area (Å²) in [5, 5.41) is 1.38. The normalized spacial score (nSPS) is 27.0. The molecule has 0 spiro atoms. The minimum Gasteiger partial charge on any atom is -0.451 e. The number of hydrogen-bond donors (Lipinski definition) is 1. The van der Waals surface area contributed by atoms with Gasteiger partial charge in [0.15, 0.2) is 11.3 Å². The maximum absolute atomic E-state index is 12.6. The molecular formula is C15H16ClNO2. The highest BCUT2D eigenvalue weighted by Gasteiger charge is 2.44. The Morgan fingerprint density at radius 1 is 1.53 bits per heavy atom. The van der Waals surface area contributed by atoms with E-state index in [0.29, 0.717) is 16.4 Å². The molecule has 2 N–H and O–H groups in total. The Balaban J connectivity index is 2.05. The molecule has 0 aliphatic heterocycles. The van der Waals surface area contributed by atoms with Gasteiger partial charge in [0, 0.05) is 16.8 Å². The van der Waals surface area contributed by atoms with Crippen molar-refractivity contribution in [1.82, 2.24) is 0 Å². The Hall–Kier alpha value is -1.32. The van der Waals surface area contributed by atoms with E-state index >= 15 is 0 Å². The van der Waals surface area contributed by atoms with Crippen molar-refractivity contribution in [1.29, 1.82) is 0 Å². The van der Waals surface area contributed by atoms with Crippen molar-refractivity contribution in [3.63, 3.8) is 0 Å². The molecule has 0 amide bonds. The first-order chi connectivity index (χ1) is 9.02. The zero-order chi connectivity index (χ0) is 13.6. The molecule has 1 heterocycles. The van der Waals surface area contributed by atoms with Crippen molar-refractivity contribution < 1.29 is 9.21 Å². The quantitative estimate of drug-likeness (QED) is 0.850. The summed E-state index contributed by atoms with van der Waals surface area (Å²) in [5.74, 6) is 0.354. The summed E-state index contributed by atoms with van der Waals surface area (Å²) in [6, 6.07) is 7.16. The average molecular weight is 278 g/mol. The van der Waals surface area contributed by atoms with E-state index in [1.54, 1.807) is 12.1 Å². The zero-order valence-corrected chi connectivity index (χ0v) is 11.5. The number of carbonyl (C=O) groups excluding carboxylic acids is 1. The maximum atomic E-state index is 12.6. The largest absolute Gasteiger partial charge is 0.451 e. The lowest BCUT2D eigenvalue weighted by atomic mass is 9.80. The molecule has 0 saturated heterocycles. The van der Waals surface area contributed by atoms with E-state index in [1.165, 1.54) is 0 Å². The van der Waals surface area contributed by atoms with Gasteiger partial charge in [-0.05, 0) is 25.0 Å². The van der Waals surface area contributed by atoms with E-state index in [4.69, 9.17) is 21.8 Å². The fraction of sp³-hybridized carbons (Fsp3) is 0.400. The number of furan rings is 1. The van der Waals surface area contributed by atoms with Crippen LogP contribution in [0.1, 0.15) is 36.7 Å². The molecule has 3 rings (SSSR count). The number of carbonyl (C=O) groups is 1. The predicted molar refractivity (Wildman–Crippen MR) is 75.5 cm³/mol. The number of ketones is 1. The molecule has 1 saturated carbocycles. The molecule has 1 aromatic heterocycles. The second-order valence-corrected chi connectivity index (χ2v) is 5.92. The molecule has 4 heteroatoms. The van der Waals surface area contributed by atoms with E-state index in [9.17, 15) is 4.79 Å². The molecule has 19 heavy (non-hydrogen) atoms. The van der Waals surface area contributed by atoms with Gasteiger partial charge in [0.25, 0.3) is 0 Å². The van der Waals surface area contributed by atoms with Crippen LogP contribution in [0.25, 0.3) is 11.0 Å². The number of para-hydroxylation sites is 1. The predicted octanol–water partition coefficient (Wildman–Crippen LogP) is 3.79. The summed E-state index contributed by atoms with van der Waals surface area (Å²) in [5.41, 5.74) is 6.15. The minimum atomic E-state index is -0.514. The van der Waals surface area contributed by atoms with Crippen molar-refractivity contribution in [2.45, 2.75) is 32.2 Å². The Morgan fingerprint density at radius 3 is 2.95 bits per heavy atom. The highest BCUT2D eigenvalue weighted by molar-refractivity contribution is 6.34. The van der Waals surface area contributed by atoms with Crippen LogP contribution in [0.15, 0.2) is 28.7 Å². The molecule has 1 aromatic carbocycles. The molecule has 1 aliphatic carbocycles. The molecule has 0 bridgehead atoms. The van der Waals surface area contributed by atoms with E-state index < -0.39 is 5.41 Å². The van der Waals surface area contributed by atoms with E-state index in [-0.39, 0.29) is 11.8 Å². The first kappa shape index (κ1) is 12.7. The first-order valence-corrected chi connectivity index (χ1v) is 6.88. The SMILES string of the molecule is CC1(C(=O)c2cc3cccc(Cl)c3o2)CCCC1N. The Kier molecular flexibility index (Phi) is 2.91. The van der Waals surface area contributed by atoms with Gasteiger partial charge in [-0.3, -0.25) is 4.79 Å². The molecule has 2 unspecified atom stereocenters. The highest BCUT2D eigenvalue weighted by atomic mass is 35.5. The summed E-state index contributed by atoms with van der Waals surface area (Å²) < 4.78 is 5.65. The maximum Gasteiger partial charge on any atom is 0.205 e. The van der Waals surface area contributed by atoms with Crippen LogP contribution in [0, 0.1) is 5.41 Å². The van der Waals surface area contributed by atoms with Crippen LogP contribution in [0.2, 0.25) is 5.02 Å². The van der Waals surface area contributed by atoms with Crippen LogP contribution in [0.5, 0.6) is 0 Å². The first-order valence-electron chi connectivity index (χ1n) is 6.51. The monoisotopic (exact) mass is 277 g/mol. The van der Waals surface area contributed by atoms with Crippen molar-refractivity contribution in [3.8, 4) is 0 Å². The zero-order valence-electron chi connectivity index (χ0n) is 10.8. The summed E-state index contributed by atoms with van der Waals surface area (Å²) in [6.45, 7) is 1.93. The van der Waals surface area contributed by atoms with Crippen LogP contribution >= 0.6 is 11.6 Å². The van der Waals surface area contributed by atoms with Gasteiger partial charge in [0.2, 0.25) is 5.78 Å². The van der Waals surface area contributed by atoms with Gasteiger partial charge in [-0.2, -0.15) is 0 Å². The fourth-order valence-corrected chi connectivity index (χ4v) is 3.12. The highest BCUT2D eigenvalue weighted by Crippen LogP contribution is 2.40. The number of hydrogen-bond acceptors (Lipinski definition) is 3. The van der Waals surface area contributed by atoms with E-state index in [0.717, 1.165) is 24.6 Å². The van der Waals surface area contributed by atoms with Crippen LogP contribution in [-0.2, 0) is 0 Å². The van der Waals surface area contributed by atoms with E-state index in [2.05, 4.69) is 0 Å². The molecule has 1 fully saturated rings. The number of benzene rings is 1. The Bertz CT molecular complexity index is 649. The molecule has 2 atom stereocenters. The lowest BCUT2D eigenvalue weighted by molar-refractivity contribution is 0.0774. The summed E-state index contributed by atoms with van der Waals surface area (Å²) in [6.07, 6.45) is 2.70. The van der Waals surface area contributed by atoms with E-state index in [1.807, 2.05) is 19.1 Å². The number of Topliss-reactive ketones (excluding diaryl/α,β-unsaturated/α-hetero) is 1. The van der Waals surface area contributed by atoms with Gasteiger partial charge >= 0.3 is 0 Å². The third kappa shape index (κ3) is 1.88. The third-order valence-corrected chi connectivity index (χ3v) is 4.57. The third-order valence-electron chi connectivity index (χ3n) is 4.27. The standard InChI is InChI=1S/C15H16ClNO2/c1-15(7-3-6-12(15)17)14(18)11-8-9-4-2-5-10(16)13(9)19-11/h2,4-5,8,12H,3,6-7,17H2,1H3. The minimum absolute atomic E-state index is 0.00948. The second-order valence-electron chi connectivity index (χ2n) is 5.51. The Morgan fingerprint density at radius 2 is 2.32 bits per heavy atom. The molecule has 100 valence electrons. The number of fused-ring (bicyclic) bond motifs is 1. The van der Waals surface area contributed by atoms with Gasteiger partial charge in [0.1, 0.15) is 0 Å². The van der Waals surface area contributed by atoms with Crippen LogP contribution in [-0.4, -0.2) is 11.8 Å². The molecule has 3 nitrogen and oxygen atoms in total. The van der Waals surface area contributed by atoms with Crippen LogP contribution in [0.4, 0.5) is 0 Å². The smallest absolute Gasteiger partial charge is 0.205 e. The average Bonchev–Trinajstić information content (AvgIpc) is 2.95. The van der Waals surface area contributed by atoms with Crippen molar-refractivity contribution >= 4 is 28.4 Å². The van der Waals surface area contributed by atoms with Gasteiger partial charge in [-0.1, -0.05) is 37.1 Å². The van der Waals surface area contributed by atoms with Gasteiger partial charge in [0.05, 0.1) is 5.02 Å². The number of halogens is 1. The number of rotatable bonds is 2. The lowest BCUT2D eigenvalue weighted by Gasteiger charge is -2.25. The molecule has 0 radical (unpaired) electrons. The molecule has 1 aliphatic rings. The molecule has 2 aromatic rings. The summed E-state index contributed by atoms with van der Waals surface area (Å²) in [7, 11) is 0. The van der Waals surface area contributed by atoms with Crippen molar-refractivity contribution in [3.05, 3.63) is 35.0 Å². The fourth-order valence-electron chi connectivity index (χ4n) is 2.90. The van der Waals surface area contributed by atoms with Gasteiger partial charge in [-0.15, -0.1) is 0 Å². The van der Waals surface area contributed by atoms with Crippen LogP contribution in [0.3, 0.4) is 0 Å².